The summed E-state index contributed by atoms with van der Waals surface area (Å²) in [6.45, 7) is 23.7. The van der Waals surface area contributed by atoms with E-state index in [1.807, 2.05) is 6.08 Å². The number of methoxy groups -OCH3 is 2. The summed E-state index contributed by atoms with van der Waals surface area (Å²) in [5, 5.41) is 12.7. The SMILES string of the molecule is C=CCOP(=O)(OCC=C)OCCO[C@H]1O[C@H](CO[C@@H]2O[C@H](COC)[C@@H](OP(=O)(OCC=C)OCC=C)[C@H](OCC[C@@H](CCCCCCC)OC)[C@H]2OC=CCCCCCCCCCCCCCCCC)[C@@H](O)[C@H](OCCCCCCCCCCCC)[C@H]1OCCCCCCCCCCCC. The number of phosphoric acid groups is 2. The molecular weight excluding hydrogens is 1330 g/mol. The number of rotatable bonds is 76. The molecule has 21 heteroatoms. The molecule has 0 radical (unpaired) electrons. The number of unbranched alkanes of at least 4 members (excludes halogenated alkanes) is 36. The molecule has 594 valence electrons. The molecule has 0 spiro atoms. The van der Waals surface area contributed by atoms with Crippen molar-refractivity contribution < 1.29 is 88.7 Å². The second-order valence-corrected chi connectivity index (χ2v) is 30.7. The highest BCUT2D eigenvalue weighted by Crippen LogP contribution is 2.53. The zero-order valence-electron chi connectivity index (χ0n) is 64.8. The lowest BCUT2D eigenvalue weighted by Crippen LogP contribution is -2.63. The van der Waals surface area contributed by atoms with Crippen LogP contribution in [0, 0.1) is 0 Å². The van der Waals surface area contributed by atoms with Gasteiger partial charge in [-0.3, -0.25) is 27.1 Å². The Kier molecular flexibility index (Phi) is 62.8. The van der Waals surface area contributed by atoms with Crippen molar-refractivity contribution in [2.45, 2.75) is 365 Å². The van der Waals surface area contributed by atoms with Crippen LogP contribution >= 0.6 is 15.6 Å². The van der Waals surface area contributed by atoms with Gasteiger partial charge in [-0.1, -0.05) is 283 Å². The lowest BCUT2D eigenvalue weighted by Gasteiger charge is -2.47. The highest BCUT2D eigenvalue weighted by atomic mass is 31.2. The van der Waals surface area contributed by atoms with Crippen LogP contribution in [0.25, 0.3) is 0 Å². The highest BCUT2D eigenvalue weighted by Gasteiger charge is 2.54. The van der Waals surface area contributed by atoms with Gasteiger partial charge in [0.15, 0.2) is 18.7 Å². The predicted octanol–water partition coefficient (Wildman–Crippen LogP) is 21.4. The van der Waals surface area contributed by atoms with Crippen molar-refractivity contribution in [2.75, 3.05) is 86.9 Å². The smallest absolute Gasteiger partial charge is 0.475 e. The quantitative estimate of drug-likeness (QED) is 0.0260. The summed E-state index contributed by atoms with van der Waals surface area (Å²) < 4.78 is 129. The van der Waals surface area contributed by atoms with E-state index in [9.17, 15) is 14.2 Å². The van der Waals surface area contributed by atoms with Crippen LogP contribution in [0.4, 0.5) is 0 Å². The Labute approximate surface area is 616 Å². The van der Waals surface area contributed by atoms with E-state index in [1.54, 1.807) is 13.4 Å². The van der Waals surface area contributed by atoms with E-state index in [2.05, 4.69) is 54.0 Å². The second-order valence-electron chi connectivity index (χ2n) is 27.4. The summed E-state index contributed by atoms with van der Waals surface area (Å²) >= 11 is 0. The minimum Gasteiger partial charge on any atom is -0.490 e. The summed E-state index contributed by atoms with van der Waals surface area (Å²) in [6, 6.07) is 0. The molecule has 2 aliphatic rings. The molecule has 2 heterocycles. The maximum Gasteiger partial charge on any atom is 0.475 e. The Morgan fingerprint density at radius 3 is 1.25 bits per heavy atom. The lowest BCUT2D eigenvalue weighted by atomic mass is 9.97. The van der Waals surface area contributed by atoms with E-state index in [-0.39, 0.29) is 65.6 Å². The second kappa shape index (κ2) is 66.5. The van der Waals surface area contributed by atoms with Crippen LogP contribution in [0.5, 0.6) is 0 Å². The molecule has 0 aromatic carbocycles. The van der Waals surface area contributed by atoms with Gasteiger partial charge in [-0.2, -0.15) is 0 Å². The van der Waals surface area contributed by atoms with Crippen LogP contribution in [0.3, 0.4) is 0 Å². The van der Waals surface area contributed by atoms with E-state index in [1.165, 1.54) is 192 Å². The van der Waals surface area contributed by atoms with Crippen molar-refractivity contribution >= 4 is 15.6 Å². The molecule has 0 aromatic rings. The summed E-state index contributed by atoms with van der Waals surface area (Å²) in [7, 11) is -5.19. The Bertz CT molecular complexity index is 2010. The molecule has 101 heavy (non-hydrogen) atoms. The Balaban J connectivity index is 2.66. The summed E-state index contributed by atoms with van der Waals surface area (Å²) in [5.74, 6) is 0. The number of ether oxygens (including phenoxy) is 10. The molecule has 19 nitrogen and oxygen atoms in total. The van der Waals surface area contributed by atoms with Gasteiger partial charge in [-0.15, -0.1) is 26.3 Å². The third-order valence-electron chi connectivity index (χ3n) is 18.6. The van der Waals surface area contributed by atoms with Gasteiger partial charge < -0.3 is 52.5 Å². The van der Waals surface area contributed by atoms with E-state index in [0.717, 1.165) is 103 Å². The Morgan fingerprint density at radius 2 is 0.792 bits per heavy atom. The first kappa shape index (κ1) is 95.4. The minimum absolute atomic E-state index is 0.0644. The molecule has 0 aliphatic carbocycles. The molecule has 2 saturated heterocycles. The summed E-state index contributed by atoms with van der Waals surface area (Å²) in [4.78, 5) is 0. The van der Waals surface area contributed by atoms with E-state index >= 15 is 0 Å². The Morgan fingerprint density at radius 1 is 0.386 bits per heavy atom. The summed E-state index contributed by atoms with van der Waals surface area (Å²) in [6.07, 6.45) is 47.0. The number of hydrogen-bond acceptors (Lipinski definition) is 19. The van der Waals surface area contributed by atoms with Crippen LogP contribution < -0.4 is 0 Å². The molecule has 0 aromatic heterocycles. The molecular formula is C80H150O19P2. The summed E-state index contributed by atoms with van der Waals surface area (Å²) in [5.41, 5.74) is 0. The Hall–Kier alpha value is -1.68. The number of aliphatic hydroxyl groups is 1. The van der Waals surface area contributed by atoms with Crippen molar-refractivity contribution in [3.8, 4) is 0 Å². The van der Waals surface area contributed by atoms with Crippen LogP contribution in [0.2, 0.25) is 0 Å². The minimum atomic E-state index is -4.39. The molecule has 0 bridgehead atoms. The van der Waals surface area contributed by atoms with E-state index in [0.29, 0.717) is 19.6 Å². The maximum absolute atomic E-state index is 14.7. The molecule has 0 saturated carbocycles. The van der Waals surface area contributed by atoms with Crippen molar-refractivity contribution in [2.24, 2.45) is 0 Å². The van der Waals surface area contributed by atoms with Crippen LogP contribution in [0.1, 0.15) is 297 Å². The monoisotopic (exact) mass is 1480 g/mol. The fraction of sp³-hybridized carbons (Fsp3) is 0.875. The van der Waals surface area contributed by atoms with Crippen molar-refractivity contribution in [3.05, 3.63) is 63.0 Å². The molecule has 0 unspecified atom stereocenters. The van der Waals surface area contributed by atoms with Crippen molar-refractivity contribution in [1.82, 2.24) is 0 Å². The van der Waals surface area contributed by atoms with Crippen LogP contribution in [-0.4, -0.2) is 160 Å². The number of aliphatic hydroxyl groups excluding tert-OH is 1. The van der Waals surface area contributed by atoms with Gasteiger partial charge in [0.2, 0.25) is 0 Å². The molecule has 11 atom stereocenters. The van der Waals surface area contributed by atoms with Gasteiger partial charge in [-0.25, -0.2) is 9.13 Å². The average molecular weight is 1480 g/mol. The molecule has 2 aliphatic heterocycles. The first-order valence-corrected chi connectivity index (χ1v) is 43.3. The number of phosphoric ester groups is 2. The van der Waals surface area contributed by atoms with Crippen molar-refractivity contribution in [3.63, 3.8) is 0 Å². The van der Waals surface area contributed by atoms with Crippen LogP contribution in [0.15, 0.2) is 63.0 Å². The van der Waals surface area contributed by atoms with E-state index < -0.39 is 77.1 Å². The van der Waals surface area contributed by atoms with Gasteiger partial charge in [0.25, 0.3) is 0 Å². The normalized spacial score (nSPS) is 21.5. The maximum atomic E-state index is 14.7. The first-order valence-electron chi connectivity index (χ1n) is 40.4. The fourth-order valence-electron chi connectivity index (χ4n) is 12.7. The van der Waals surface area contributed by atoms with Gasteiger partial charge >= 0.3 is 15.6 Å². The lowest BCUT2D eigenvalue weighted by molar-refractivity contribution is -0.340. The molecule has 2 fully saturated rings. The third-order valence-corrected chi connectivity index (χ3v) is 21.5. The first-order chi connectivity index (χ1) is 49.5. The fourth-order valence-corrected chi connectivity index (χ4v) is 15.1. The highest BCUT2D eigenvalue weighted by molar-refractivity contribution is 7.48. The number of allylic oxidation sites excluding steroid dienone is 1. The largest absolute Gasteiger partial charge is 0.490 e. The van der Waals surface area contributed by atoms with Crippen LogP contribution in [-0.2, 0) is 83.6 Å². The average Bonchev–Trinajstić information content (AvgIpc) is 0.789. The molecule has 0 amide bonds. The zero-order valence-corrected chi connectivity index (χ0v) is 66.6. The number of hydrogen-bond donors (Lipinski definition) is 1. The van der Waals surface area contributed by atoms with Gasteiger partial charge in [0.05, 0.1) is 65.2 Å². The topological polar surface area (TPSA) is 202 Å². The zero-order chi connectivity index (χ0) is 73.4. The third kappa shape index (κ3) is 47.0. The molecule has 2 rings (SSSR count). The predicted molar refractivity (Wildman–Crippen MR) is 408 cm³/mol. The van der Waals surface area contributed by atoms with Gasteiger partial charge in [-0.05, 0) is 44.6 Å². The van der Waals surface area contributed by atoms with Crippen molar-refractivity contribution in [1.29, 1.82) is 0 Å². The van der Waals surface area contributed by atoms with E-state index in [4.69, 9.17) is 74.5 Å². The standard InChI is InChI=1S/C80H150O19P2/c1-11-19-23-27-30-33-36-37-38-39-40-41-44-47-51-55-64-88-78-76(89-65-57-70(85-10)56-52-48-26-22-14-4)74(99-101(83,94-60-17-7)95-61-18-8)72(68-84-9)98-80(78)91-69-71-73(81)75(86-62-53-49-45-42-34-31-28-24-20-12-2)77(87-63-54-50-46-43-35-32-29-25-21-13-3)79(97-71)90-66-67-96-100(82,92-58-15-5)93-59-16-6/h15-18,55,64,70-81H,5-8,11-14,19-54,56-63,65-69H2,1-4,9-10H3/t70-,71-,72-,73-,74-,75+,76+,77-,78-,79+,80-/m1/s1. The molecule has 1 N–H and O–H groups in total. The van der Waals surface area contributed by atoms with Gasteiger partial charge in [0, 0.05) is 34.0 Å². The van der Waals surface area contributed by atoms with Gasteiger partial charge in [0.1, 0.15) is 42.7 Å².